The highest BCUT2D eigenvalue weighted by molar-refractivity contribution is 6.30. The van der Waals surface area contributed by atoms with Crippen molar-refractivity contribution in [1.29, 1.82) is 0 Å². The Bertz CT molecular complexity index is 472. The van der Waals surface area contributed by atoms with Crippen molar-refractivity contribution in [1.82, 2.24) is 4.90 Å². The largest absolute Gasteiger partial charge is 0.351 e. The Labute approximate surface area is 106 Å². The van der Waals surface area contributed by atoms with E-state index in [0.29, 0.717) is 11.4 Å². The predicted octanol–water partition coefficient (Wildman–Crippen LogP) is 2.23. The summed E-state index contributed by atoms with van der Waals surface area (Å²) in [6.45, 7) is 0.753. The maximum Gasteiger partial charge on any atom is 0.315 e. The molecular formula is C13H13ClN2O. The van der Waals surface area contributed by atoms with Gasteiger partial charge in [0.2, 0.25) is 0 Å². The van der Waals surface area contributed by atoms with Crippen molar-refractivity contribution < 1.29 is 4.79 Å². The molecule has 88 valence electrons. The van der Waals surface area contributed by atoms with Gasteiger partial charge in [0, 0.05) is 29.6 Å². The Kier molecular flexibility index (Phi) is 3.55. The summed E-state index contributed by atoms with van der Waals surface area (Å²) in [6.07, 6.45) is 1.66. The SMILES string of the molecule is NC(=O)N1CCC1CC#Cc1ccc(Cl)cc1. The molecule has 1 fully saturated rings. The Morgan fingerprint density at radius 2 is 2.18 bits per heavy atom. The van der Waals surface area contributed by atoms with E-state index in [4.69, 9.17) is 17.3 Å². The van der Waals surface area contributed by atoms with Crippen molar-refractivity contribution in [2.24, 2.45) is 5.73 Å². The third kappa shape index (κ3) is 2.92. The molecule has 0 saturated carbocycles. The first-order valence-corrected chi connectivity index (χ1v) is 5.85. The molecule has 1 heterocycles. The van der Waals surface area contributed by atoms with E-state index in [9.17, 15) is 4.79 Å². The lowest BCUT2D eigenvalue weighted by Crippen LogP contribution is -2.53. The van der Waals surface area contributed by atoms with Gasteiger partial charge in [0.05, 0.1) is 0 Å². The standard InChI is InChI=1S/C13H13ClN2O/c14-11-6-4-10(5-7-11)2-1-3-12-8-9-16(12)13(15)17/h4-7,12H,3,8-9H2,(H2,15,17). The number of halogens is 1. The Morgan fingerprint density at radius 3 is 2.71 bits per heavy atom. The molecule has 4 heteroatoms. The molecule has 17 heavy (non-hydrogen) atoms. The van der Waals surface area contributed by atoms with Gasteiger partial charge in [0.15, 0.2) is 0 Å². The quantitative estimate of drug-likeness (QED) is 0.762. The van der Waals surface area contributed by atoms with Gasteiger partial charge in [-0.1, -0.05) is 23.4 Å². The smallest absolute Gasteiger partial charge is 0.315 e. The highest BCUT2D eigenvalue weighted by Crippen LogP contribution is 2.19. The van der Waals surface area contributed by atoms with E-state index in [-0.39, 0.29) is 12.1 Å². The fourth-order valence-electron chi connectivity index (χ4n) is 1.75. The molecule has 2 rings (SSSR count). The number of carbonyl (C=O) groups excluding carboxylic acids is 1. The number of carbonyl (C=O) groups is 1. The minimum atomic E-state index is -0.352. The summed E-state index contributed by atoms with van der Waals surface area (Å²) in [5.74, 6) is 6.11. The van der Waals surface area contributed by atoms with Gasteiger partial charge in [-0.05, 0) is 30.7 Å². The molecule has 1 aromatic rings. The average Bonchev–Trinajstić information content (AvgIpc) is 2.24. The number of hydrogen-bond donors (Lipinski definition) is 1. The zero-order valence-corrected chi connectivity index (χ0v) is 10.1. The number of amides is 2. The fourth-order valence-corrected chi connectivity index (χ4v) is 1.87. The molecule has 0 bridgehead atoms. The number of benzene rings is 1. The van der Waals surface area contributed by atoms with Crippen LogP contribution in [0.5, 0.6) is 0 Å². The summed E-state index contributed by atoms with van der Waals surface area (Å²) in [6, 6.07) is 7.21. The first-order chi connectivity index (χ1) is 8.16. The highest BCUT2D eigenvalue weighted by atomic mass is 35.5. The second-order valence-corrected chi connectivity index (χ2v) is 4.42. The second kappa shape index (κ2) is 5.11. The van der Waals surface area contributed by atoms with Gasteiger partial charge in [0.25, 0.3) is 0 Å². The Balaban J connectivity index is 1.90. The van der Waals surface area contributed by atoms with Gasteiger partial charge >= 0.3 is 6.03 Å². The van der Waals surface area contributed by atoms with Crippen LogP contribution in [0.3, 0.4) is 0 Å². The lowest BCUT2D eigenvalue weighted by molar-refractivity contribution is 0.125. The second-order valence-electron chi connectivity index (χ2n) is 3.99. The zero-order chi connectivity index (χ0) is 12.3. The summed E-state index contributed by atoms with van der Waals surface area (Å²) < 4.78 is 0. The van der Waals surface area contributed by atoms with Crippen molar-refractivity contribution in [2.75, 3.05) is 6.54 Å². The number of likely N-dealkylation sites (tertiary alicyclic amines) is 1. The molecule has 1 unspecified atom stereocenters. The van der Waals surface area contributed by atoms with E-state index in [1.54, 1.807) is 4.90 Å². The van der Waals surface area contributed by atoms with E-state index in [0.717, 1.165) is 18.5 Å². The van der Waals surface area contributed by atoms with E-state index >= 15 is 0 Å². The molecule has 0 spiro atoms. The van der Waals surface area contributed by atoms with Crippen molar-refractivity contribution in [2.45, 2.75) is 18.9 Å². The maximum absolute atomic E-state index is 10.9. The summed E-state index contributed by atoms with van der Waals surface area (Å²) in [4.78, 5) is 12.6. The molecule has 0 aliphatic carbocycles. The van der Waals surface area contributed by atoms with Crippen molar-refractivity contribution >= 4 is 17.6 Å². The van der Waals surface area contributed by atoms with Gasteiger partial charge in [-0.15, -0.1) is 0 Å². The summed E-state index contributed by atoms with van der Waals surface area (Å²) in [5, 5.41) is 0.703. The summed E-state index contributed by atoms with van der Waals surface area (Å²) in [5.41, 5.74) is 6.14. The average molecular weight is 249 g/mol. The third-order valence-electron chi connectivity index (χ3n) is 2.84. The van der Waals surface area contributed by atoms with Gasteiger partial charge < -0.3 is 10.6 Å². The molecule has 1 atom stereocenters. The summed E-state index contributed by atoms with van der Waals surface area (Å²) in [7, 11) is 0. The van der Waals surface area contributed by atoms with Crippen LogP contribution in [0.15, 0.2) is 24.3 Å². The molecule has 1 saturated heterocycles. The number of hydrogen-bond acceptors (Lipinski definition) is 1. The molecule has 1 aliphatic rings. The van der Waals surface area contributed by atoms with E-state index < -0.39 is 0 Å². The first kappa shape index (κ1) is 11.8. The van der Waals surface area contributed by atoms with Crippen LogP contribution in [0.1, 0.15) is 18.4 Å². The molecule has 0 radical (unpaired) electrons. The lowest BCUT2D eigenvalue weighted by Gasteiger charge is -2.38. The zero-order valence-electron chi connectivity index (χ0n) is 9.32. The van der Waals surface area contributed by atoms with Gasteiger partial charge in [0.1, 0.15) is 0 Å². The van der Waals surface area contributed by atoms with Crippen LogP contribution < -0.4 is 5.73 Å². The minimum absolute atomic E-state index is 0.187. The highest BCUT2D eigenvalue weighted by Gasteiger charge is 2.29. The van der Waals surface area contributed by atoms with Crippen molar-refractivity contribution in [3.63, 3.8) is 0 Å². The van der Waals surface area contributed by atoms with Crippen LogP contribution in [-0.2, 0) is 0 Å². The van der Waals surface area contributed by atoms with Gasteiger partial charge in [-0.3, -0.25) is 0 Å². The van der Waals surface area contributed by atoms with E-state index in [2.05, 4.69) is 11.8 Å². The predicted molar refractivity (Wildman–Crippen MR) is 67.6 cm³/mol. The Morgan fingerprint density at radius 1 is 1.47 bits per heavy atom. The van der Waals surface area contributed by atoms with Crippen LogP contribution >= 0.6 is 11.6 Å². The number of urea groups is 1. The number of nitrogens with zero attached hydrogens (tertiary/aromatic N) is 1. The molecule has 1 aliphatic heterocycles. The normalized spacial score (nSPS) is 17.9. The van der Waals surface area contributed by atoms with Crippen LogP contribution in [0, 0.1) is 11.8 Å². The minimum Gasteiger partial charge on any atom is -0.351 e. The van der Waals surface area contributed by atoms with Gasteiger partial charge in [-0.25, -0.2) is 4.79 Å². The molecule has 1 aromatic carbocycles. The van der Waals surface area contributed by atoms with Crippen LogP contribution in [0.25, 0.3) is 0 Å². The molecule has 3 nitrogen and oxygen atoms in total. The number of nitrogens with two attached hydrogens (primary N) is 1. The maximum atomic E-state index is 10.9. The van der Waals surface area contributed by atoms with E-state index in [1.807, 2.05) is 24.3 Å². The molecule has 2 N–H and O–H groups in total. The molecular weight excluding hydrogens is 236 g/mol. The lowest BCUT2D eigenvalue weighted by atomic mass is 10.0. The number of primary amides is 1. The van der Waals surface area contributed by atoms with Crippen LogP contribution in [0.2, 0.25) is 5.02 Å². The monoisotopic (exact) mass is 248 g/mol. The summed E-state index contributed by atoms with van der Waals surface area (Å²) >= 11 is 5.78. The van der Waals surface area contributed by atoms with Crippen molar-refractivity contribution in [3.8, 4) is 11.8 Å². The topological polar surface area (TPSA) is 46.3 Å². The van der Waals surface area contributed by atoms with Crippen molar-refractivity contribution in [3.05, 3.63) is 34.9 Å². The Hall–Kier alpha value is -1.66. The van der Waals surface area contributed by atoms with E-state index in [1.165, 1.54) is 0 Å². The van der Waals surface area contributed by atoms with Gasteiger partial charge in [-0.2, -0.15) is 0 Å². The molecule has 0 aromatic heterocycles. The first-order valence-electron chi connectivity index (χ1n) is 5.47. The number of rotatable bonds is 1. The fraction of sp³-hybridized carbons (Fsp3) is 0.308. The van der Waals surface area contributed by atoms with Crippen LogP contribution in [-0.4, -0.2) is 23.5 Å². The van der Waals surface area contributed by atoms with Crippen LogP contribution in [0.4, 0.5) is 4.79 Å². The molecule has 2 amide bonds. The third-order valence-corrected chi connectivity index (χ3v) is 3.09.